The molecule has 1 unspecified atom stereocenters. The molecule has 0 saturated carbocycles. The largest absolute Gasteiger partial charge is 0.461 e. The Kier molecular flexibility index (Phi) is 3.63. The van der Waals surface area contributed by atoms with Crippen LogP contribution in [0.1, 0.15) is 40.0 Å². The third kappa shape index (κ3) is 2.58. The van der Waals surface area contributed by atoms with Gasteiger partial charge in [0, 0.05) is 18.9 Å². The summed E-state index contributed by atoms with van der Waals surface area (Å²) in [5, 5.41) is 0. The molecule has 0 aromatic rings. The van der Waals surface area contributed by atoms with Crippen molar-refractivity contribution >= 4 is 11.9 Å². The number of rotatable bonds is 1. The summed E-state index contributed by atoms with van der Waals surface area (Å²) < 4.78 is 16.8. The van der Waals surface area contributed by atoms with Crippen molar-refractivity contribution in [3.05, 3.63) is 23.8 Å². The van der Waals surface area contributed by atoms with E-state index in [-0.39, 0.29) is 23.6 Å². The Labute approximate surface area is 130 Å². The highest BCUT2D eigenvalue weighted by atomic mass is 16.6. The first-order valence-electron chi connectivity index (χ1n) is 7.72. The van der Waals surface area contributed by atoms with Gasteiger partial charge in [-0.15, -0.1) is 0 Å². The lowest BCUT2D eigenvalue weighted by Gasteiger charge is -2.27. The highest BCUT2D eigenvalue weighted by molar-refractivity contribution is 5.91. The zero-order chi connectivity index (χ0) is 16.1. The molecule has 2 heterocycles. The molecule has 3 aliphatic rings. The minimum Gasteiger partial charge on any atom is -0.461 e. The number of carbonyl (C=O) groups excluding carboxylic acids is 2. The van der Waals surface area contributed by atoms with Crippen molar-refractivity contribution in [2.45, 2.75) is 63.9 Å². The van der Waals surface area contributed by atoms with Gasteiger partial charge in [-0.2, -0.15) is 0 Å². The molecule has 0 N–H and O–H groups in total. The molecule has 0 amide bonds. The Morgan fingerprint density at radius 1 is 1.50 bits per heavy atom. The second-order valence-electron chi connectivity index (χ2n) is 6.71. The number of esters is 2. The van der Waals surface area contributed by atoms with E-state index >= 15 is 0 Å². The van der Waals surface area contributed by atoms with Gasteiger partial charge in [-0.3, -0.25) is 4.79 Å². The summed E-state index contributed by atoms with van der Waals surface area (Å²) in [6, 6.07) is 0. The topological polar surface area (TPSA) is 65.1 Å². The molecule has 0 radical (unpaired) electrons. The summed E-state index contributed by atoms with van der Waals surface area (Å²) in [6.45, 7) is 9.30. The Balaban J connectivity index is 1.96. The van der Waals surface area contributed by atoms with Crippen molar-refractivity contribution in [3.8, 4) is 0 Å². The SMILES string of the molecule is C=C1C(=O)O[C@H]2[C@H]1C(OC(C)=O)C/C(C)=C\CC[C@@]1(C)O[C@@H]21. The fraction of sp³-hybridized carbons (Fsp3) is 0.647. The minimum atomic E-state index is -0.441. The van der Waals surface area contributed by atoms with Gasteiger partial charge in [0.05, 0.1) is 11.5 Å². The van der Waals surface area contributed by atoms with Crippen LogP contribution in [0.3, 0.4) is 0 Å². The fourth-order valence-electron chi connectivity index (χ4n) is 3.63. The van der Waals surface area contributed by atoms with E-state index in [4.69, 9.17) is 14.2 Å². The van der Waals surface area contributed by atoms with Gasteiger partial charge in [0.15, 0.2) is 0 Å². The standard InChI is InChI=1S/C17H22O5/c1-9-6-5-7-17(4)15(22-17)14-13(10(2)16(19)21-14)12(8-9)20-11(3)18/h6,12-15H,2,5,7-8H2,1,3-4H3/b9-6-/t12?,13-,14+,15+,17-/m1/s1. The fourth-order valence-corrected chi connectivity index (χ4v) is 3.63. The summed E-state index contributed by atoms with van der Waals surface area (Å²) >= 11 is 0. The summed E-state index contributed by atoms with van der Waals surface area (Å²) in [5.41, 5.74) is 1.24. The average molecular weight is 306 g/mol. The second kappa shape index (κ2) is 5.23. The van der Waals surface area contributed by atoms with E-state index in [9.17, 15) is 9.59 Å². The molecular formula is C17H22O5. The average Bonchev–Trinajstić information content (AvgIpc) is 2.98. The Bertz CT molecular complexity index is 563. The van der Waals surface area contributed by atoms with Gasteiger partial charge in [-0.1, -0.05) is 18.2 Å². The van der Waals surface area contributed by atoms with E-state index < -0.39 is 18.2 Å². The monoisotopic (exact) mass is 306 g/mol. The first-order chi connectivity index (χ1) is 10.3. The van der Waals surface area contributed by atoms with Crippen molar-refractivity contribution in [1.29, 1.82) is 0 Å². The van der Waals surface area contributed by atoms with E-state index in [0.29, 0.717) is 12.0 Å². The zero-order valence-corrected chi connectivity index (χ0v) is 13.3. The van der Waals surface area contributed by atoms with Crippen LogP contribution in [0.25, 0.3) is 0 Å². The van der Waals surface area contributed by atoms with E-state index in [1.165, 1.54) is 6.92 Å². The molecule has 0 aromatic carbocycles. The normalized spacial score (nSPS) is 43.3. The third-order valence-electron chi connectivity index (χ3n) is 4.88. The molecule has 2 aliphatic heterocycles. The maximum Gasteiger partial charge on any atom is 0.334 e. The lowest BCUT2D eigenvalue weighted by molar-refractivity contribution is -0.150. The quantitative estimate of drug-likeness (QED) is 0.322. The molecule has 120 valence electrons. The van der Waals surface area contributed by atoms with Gasteiger partial charge in [0.25, 0.3) is 0 Å². The van der Waals surface area contributed by atoms with Crippen molar-refractivity contribution in [2.75, 3.05) is 0 Å². The van der Waals surface area contributed by atoms with E-state index in [2.05, 4.69) is 12.7 Å². The van der Waals surface area contributed by atoms with Crippen molar-refractivity contribution in [2.24, 2.45) is 5.92 Å². The zero-order valence-electron chi connectivity index (χ0n) is 13.3. The molecule has 22 heavy (non-hydrogen) atoms. The van der Waals surface area contributed by atoms with E-state index in [1.807, 2.05) is 13.8 Å². The highest BCUT2D eigenvalue weighted by Crippen LogP contribution is 2.50. The van der Waals surface area contributed by atoms with Crippen LogP contribution >= 0.6 is 0 Å². The maximum atomic E-state index is 12.0. The number of epoxide rings is 1. The Morgan fingerprint density at radius 3 is 2.91 bits per heavy atom. The minimum absolute atomic E-state index is 0.148. The lowest BCUT2D eigenvalue weighted by atomic mass is 9.82. The van der Waals surface area contributed by atoms with Crippen molar-refractivity contribution in [1.82, 2.24) is 0 Å². The second-order valence-corrected chi connectivity index (χ2v) is 6.71. The van der Waals surface area contributed by atoms with Crippen LogP contribution < -0.4 is 0 Å². The molecule has 2 saturated heterocycles. The van der Waals surface area contributed by atoms with Crippen LogP contribution in [0, 0.1) is 5.92 Å². The van der Waals surface area contributed by atoms with E-state index in [1.54, 1.807) is 0 Å². The van der Waals surface area contributed by atoms with E-state index in [0.717, 1.165) is 18.4 Å². The van der Waals surface area contributed by atoms with Crippen LogP contribution in [-0.2, 0) is 23.8 Å². The van der Waals surface area contributed by atoms with Crippen LogP contribution in [0.15, 0.2) is 23.8 Å². The van der Waals surface area contributed by atoms with Gasteiger partial charge in [0.2, 0.25) is 0 Å². The van der Waals surface area contributed by atoms with Crippen molar-refractivity contribution in [3.63, 3.8) is 0 Å². The molecule has 3 rings (SSSR count). The number of hydrogen-bond donors (Lipinski definition) is 0. The smallest absolute Gasteiger partial charge is 0.334 e. The van der Waals surface area contributed by atoms with Gasteiger partial charge < -0.3 is 14.2 Å². The summed E-state index contributed by atoms with van der Waals surface area (Å²) in [4.78, 5) is 23.5. The number of fused-ring (bicyclic) bond motifs is 3. The molecule has 2 fully saturated rings. The molecule has 5 heteroatoms. The first-order valence-corrected chi connectivity index (χ1v) is 7.72. The molecule has 5 atom stereocenters. The maximum absolute atomic E-state index is 12.0. The van der Waals surface area contributed by atoms with Crippen LogP contribution in [0.5, 0.6) is 0 Å². The lowest BCUT2D eigenvalue weighted by Crippen LogP contribution is -2.38. The van der Waals surface area contributed by atoms with Crippen LogP contribution in [0.4, 0.5) is 0 Å². The number of ether oxygens (including phenoxy) is 3. The van der Waals surface area contributed by atoms with Crippen LogP contribution in [0.2, 0.25) is 0 Å². The summed E-state index contributed by atoms with van der Waals surface area (Å²) in [6.07, 6.45) is 3.52. The number of carbonyl (C=O) groups is 2. The number of allylic oxidation sites excluding steroid dienone is 1. The Morgan fingerprint density at radius 2 is 2.23 bits per heavy atom. The van der Waals surface area contributed by atoms with Crippen molar-refractivity contribution < 1.29 is 23.8 Å². The van der Waals surface area contributed by atoms with Crippen LogP contribution in [-0.4, -0.2) is 35.9 Å². The third-order valence-corrected chi connectivity index (χ3v) is 4.88. The first kappa shape index (κ1) is 15.3. The highest BCUT2D eigenvalue weighted by Gasteiger charge is 2.63. The predicted octanol–water partition coefficient (Wildman–Crippen LogP) is 2.30. The molecule has 0 aromatic heterocycles. The predicted molar refractivity (Wildman–Crippen MR) is 79.0 cm³/mol. The van der Waals surface area contributed by atoms with Gasteiger partial charge in [-0.25, -0.2) is 4.79 Å². The molecule has 0 spiro atoms. The summed E-state index contributed by atoms with van der Waals surface area (Å²) in [5.74, 6) is -1.12. The summed E-state index contributed by atoms with van der Waals surface area (Å²) in [7, 11) is 0. The number of hydrogen-bond acceptors (Lipinski definition) is 5. The van der Waals surface area contributed by atoms with Gasteiger partial charge in [-0.05, 0) is 26.7 Å². The molecule has 5 nitrogen and oxygen atoms in total. The Hall–Kier alpha value is -1.62. The van der Waals surface area contributed by atoms with Gasteiger partial charge in [0.1, 0.15) is 18.3 Å². The molecule has 0 bridgehead atoms. The van der Waals surface area contributed by atoms with Gasteiger partial charge >= 0.3 is 11.9 Å². The molecular weight excluding hydrogens is 284 g/mol. The molecule has 1 aliphatic carbocycles.